The van der Waals surface area contributed by atoms with Gasteiger partial charge in [-0.1, -0.05) is 19.1 Å². The molecule has 0 aliphatic carbocycles. The van der Waals surface area contributed by atoms with Gasteiger partial charge in [-0.2, -0.15) is 0 Å². The topological polar surface area (TPSA) is 70.4 Å². The summed E-state index contributed by atoms with van der Waals surface area (Å²) in [6.07, 6.45) is 1.45. The molecule has 0 spiro atoms. The van der Waals surface area contributed by atoms with Crippen LogP contribution >= 0.6 is 11.3 Å². The molecule has 3 rings (SSSR count). The number of hydrogen-bond donors (Lipinski definition) is 0. The van der Waals surface area contributed by atoms with Gasteiger partial charge >= 0.3 is 5.97 Å². The Morgan fingerprint density at radius 2 is 2.07 bits per heavy atom. The standard InChI is InChI=1S/C21H24N2O4S/c1-5-16-22-20-19(21(25)23(16)11-7-10-17(24)27-4)18(13(2)28-20)14-8-6-9-15(12-14)26-3/h6,8-9,12H,5,7,10-11H2,1-4H3. The zero-order valence-electron chi connectivity index (χ0n) is 16.6. The van der Waals surface area contributed by atoms with Crippen molar-refractivity contribution in [3.05, 3.63) is 45.3 Å². The summed E-state index contributed by atoms with van der Waals surface area (Å²) in [5, 5.41) is 0.631. The van der Waals surface area contributed by atoms with Crippen molar-refractivity contribution in [2.24, 2.45) is 0 Å². The number of aryl methyl sites for hydroxylation is 2. The van der Waals surface area contributed by atoms with E-state index in [1.165, 1.54) is 18.4 Å². The number of benzene rings is 1. The van der Waals surface area contributed by atoms with Crippen LogP contribution in [0, 0.1) is 6.92 Å². The molecule has 148 valence electrons. The summed E-state index contributed by atoms with van der Waals surface area (Å²) in [7, 11) is 3.00. The number of methoxy groups -OCH3 is 2. The first kappa shape index (κ1) is 20.1. The summed E-state index contributed by atoms with van der Waals surface area (Å²) in [5.41, 5.74) is 1.78. The van der Waals surface area contributed by atoms with Gasteiger partial charge in [0.15, 0.2) is 0 Å². The zero-order valence-corrected chi connectivity index (χ0v) is 17.4. The van der Waals surface area contributed by atoms with Crippen molar-refractivity contribution in [1.82, 2.24) is 9.55 Å². The second-order valence-electron chi connectivity index (χ2n) is 6.46. The summed E-state index contributed by atoms with van der Waals surface area (Å²) in [5.74, 6) is 1.21. The number of carbonyl (C=O) groups excluding carboxylic acids is 1. The molecule has 0 aliphatic rings. The first-order chi connectivity index (χ1) is 13.5. The lowest BCUT2D eigenvalue weighted by molar-refractivity contribution is -0.140. The Bertz CT molecular complexity index is 1070. The van der Waals surface area contributed by atoms with Gasteiger partial charge < -0.3 is 9.47 Å². The van der Waals surface area contributed by atoms with E-state index in [4.69, 9.17) is 14.5 Å². The number of fused-ring (bicyclic) bond motifs is 1. The first-order valence-electron chi connectivity index (χ1n) is 9.24. The molecule has 2 heterocycles. The number of nitrogens with zero attached hydrogens (tertiary/aromatic N) is 2. The van der Waals surface area contributed by atoms with Crippen molar-refractivity contribution in [1.29, 1.82) is 0 Å². The molecule has 2 aromatic heterocycles. The highest BCUT2D eigenvalue weighted by Gasteiger charge is 2.19. The molecular weight excluding hydrogens is 376 g/mol. The van der Waals surface area contributed by atoms with Gasteiger partial charge in [0.05, 0.1) is 19.6 Å². The minimum absolute atomic E-state index is 0.0612. The highest BCUT2D eigenvalue weighted by atomic mass is 32.1. The maximum atomic E-state index is 13.4. The molecule has 1 aromatic carbocycles. The summed E-state index contributed by atoms with van der Waals surface area (Å²) >= 11 is 1.53. The highest BCUT2D eigenvalue weighted by molar-refractivity contribution is 7.19. The van der Waals surface area contributed by atoms with Crippen LogP contribution in [-0.4, -0.2) is 29.7 Å². The lowest BCUT2D eigenvalue weighted by Crippen LogP contribution is -2.25. The van der Waals surface area contributed by atoms with E-state index >= 15 is 0 Å². The molecule has 0 amide bonds. The van der Waals surface area contributed by atoms with E-state index in [1.54, 1.807) is 11.7 Å². The van der Waals surface area contributed by atoms with Crippen LogP contribution in [0.2, 0.25) is 0 Å². The van der Waals surface area contributed by atoms with Crippen LogP contribution in [0.1, 0.15) is 30.5 Å². The molecule has 0 unspecified atom stereocenters. The second kappa shape index (κ2) is 8.56. The molecule has 0 fully saturated rings. The molecule has 0 N–H and O–H groups in total. The summed E-state index contributed by atoms with van der Waals surface area (Å²) < 4.78 is 11.7. The molecule has 0 bridgehead atoms. The maximum Gasteiger partial charge on any atom is 0.305 e. The normalized spacial score (nSPS) is 11.0. The maximum absolute atomic E-state index is 13.4. The third-order valence-electron chi connectivity index (χ3n) is 4.73. The van der Waals surface area contributed by atoms with Gasteiger partial charge in [0.1, 0.15) is 16.4 Å². The zero-order chi connectivity index (χ0) is 20.3. The second-order valence-corrected chi connectivity index (χ2v) is 7.67. The van der Waals surface area contributed by atoms with Crippen LogP contribution in [0.3, 0.4) is 0 Å². The van der Waals surface area contributed by atoms with E-state index in [2.05, 4.69) is 0 Å². The molecule has 0 atom stereocenters. The average molecular weight is 401 g/mol. The van der Waals surface area contributed by atoms with Crippen LogP contribution in [0.25, 0.3) is 21.3 Å². The van der Waals surface area contributed by atoms with Crippen molar-refractivity contribution >= 4 is 27.5 Å². The SMILES string of the molecule is CCc1nc2sc(C)c(-c3cccc(OC)c3)c2c(=O)n1CCCC(=O)OC. The van der Waals surface area contributed by atoms with Gasteiger partial charge in [-0.15, -0.1) is 11.3 Å². The van der Waals surface area contributed by atoms with Crippen molar-refractivity contribution in [2.75, 3.05) is 14.2 Å². The lowest BCUT2D eigenvalue weighted by Gasteiger charge is -2.12. The van der Waals surface area contributed by atoms with E-state index in [0.29, 0.717) is 24.8 Å². The van der Waals surface area contributed by atoms with E-state index < -0.39 is 0 Å². The minimum Gasteiger partial charge on any atom is -0.497 e. The van der Waals surface area contributed by atoms with Crippen molar-refractivity contribution < 1.29 is 14.3 Å². The Balaban J connectivity index is 2.13. The Hall–Kier alpha value is -2.67. The third kappa shape index (κ3) is 3.80. The summed E-state index contributed by atoms with van der Waals surface area (Å²) in [4.78, 5) is 31.4. The Labute approximate surface area is 167 Å². The number of ether oxygens (including phenoxy) is 2. The van der Waals surface area contributed by atoms with Gasteiger partial charge in [-0.25, -0.2) is 4.98 Å². The number of thiophene rings is 1. The van der Waals surface area contributed by atoms with Crippen molar-refractivity contribution in [2.45, 2.75) is 39.7 Å². The van der Waals surface area contributed by atoms with E-state index in [1.807, 2.05) is 38.1 Å². The number of esters is 1. The molecule has 0 saturated heterocycles. The molecule has 0 aliphatic heterocycles. The number of carbonyl (C=O) groups is 1. The number of aromatic nitrogens is 2. The van der Waals surface area contributed by atoms with Gasteiger partial charge in [-0.05, 0) is 31.0 Å². The van der Waals surface area contributed by atoms with Gasteiger partial charge in [0, 0.05) is 29.8 Å². The summed E-state index contributed by atoms with van der Waals surface area (Å²) in [6.45, 7) is 4.42. The van der Waals surface area contributed by atoms with Crippen LogP contribution < -0.4 is 10.3 Å². The van der Waals surface area contributed by atoms with Crippen molar-refractivity contribution in [3.8, 4) is 16.9 Å². The highest BCUT2D eigenvalue weighted by Crippen LogP contribution is 2.37. The van der Waals surface area contributed by atoms with Gasteiger partial charge in [-0.3, -0.25) is 14.2 Å². The van der Waals surface area contributed by atoms with Crippen LogP contribution in [0.5, 0.6) is 5.75 Å². The molecule has 6 nitrogen and oxygen atoms in total. The van der Waals surface area contributed by atoms with Crippen LogP contribution in [0.4, 0.5) is 0 Å². The molecule has 7 heteroatoms. The largest absolute Gasteiger partial charge is 0.497 e. The fourth-order valence-electron chi connectivity index (χ4n) is 3.35. The predicted octanol–water partition coefficient (Wildman–Crippen LogP) is 3.96. The predicted molar refractivity (Wildman–Crippen MR) is 111 cm³/mol. The van der Waals surface area contributed by atoms with Crippen LogP contribution in [-0.2, 0) is 22.5 Å². The third-order valence-corrected chi connectivity index (χ3v) is 5.73. The summed E-state index contributed by atoms with van der Waals surface area (Å²) in [6, 6.07) is 7.71. The number of rotatable bonds is 7. The van der Waals surface area contributed by atoms with Gasteiger partial charge in [0.2, 0.25) is 0 Å². The van der Waals surface area contributed by atoms with Crippen molar-refractivity contribution in [3.63, 3.8) is 0 Å². The van der Waals surface area contributed by atoms with Crippen LogP contribution in [0.15, 0.2) is 29.1 Å². The minimum atomic E-state index is -0.274. The smallest absolute Gasteiger partial charge is 0.305 e. The fraction of sp³-hybridized carbons (Fsp3) is 0.381. The molecule has 0 radical (unpaired) electrons. The number of hydrogen-bond acceptors (Lipinski definition) is 6. The van der Waals surface area contributed by atoms with E-state index in [0.717, 1.165) is 32.4 Å². The quantitative estimate of drug-likeness (QED) is 0.562. The Morgan fingerprint density at radius 1 is 1.29 bits per heavy atom. The molecular formula is C21H24N2O4S. The monoisotopic (exact) mass is 400 g/mol. The molecule has 3 aromatic rings. The first-order valence-corrected chi connectivity index (χ1v) is 10.1. The molecule has 0 saturated carbocycles. The van der Waals surface area contributed by atoms with E-state index in [9.17, 15) is 9.59 Å². The average Bonchev–Trinajstić information content (AvgIpc) is 3.05. The lowest BCUT2D eigenvalue weighted by atomic mass is 10.0. The Kier molecular flexibility index (Phi) is 6.14. The fourth-order valence-corrected chi connectivity index (χ4v) is 4.40. The van der Waals surface area contributed by atoms with Gasteiger partial charge in [0.25, 0.3) is 5.56 Å². The van der Waals surface area contributed by atoms with E-state index in [-0.39, 0.29) is 17.9 Å². The molecule has 28 heavy (non-hydrogen) atoms. The Morgan fingerprint density at radius 3 is 2.75 bits per heavy atom.